The second-order valence-corrected chi connectivity index (χ2v) is 7.47. The maximum absolute atomic E-state index is 12.2. The van der Waals surface area contributed by atoms with Crippen molar-refractivity contribution in [3.63, 3.8) is 0 Å². The second kappa shape index (κ2) is 8.44. The Morgan fingerprint density at radius 3 is 2.48 bits per heavy atom. The number of rotatable bonds is 7. The third-order valence-electron chi connectivity index (χ3n) is 5.13. The summed E-state index contributed by atoms with van der Waals surface area (Å²) >= 11 is 0. The van der Waals surface area contributed by atoms with Gasteiger partial charge in [-0.15, -0.1) is 0 Å². The third-order valence-corrected chi connectivity index (χ3v) is 5.13. The number of carbonyl (C=O) groups is 1. The molecule has 1 aliphatic heterocycles. The molecule has 0 fully saturated rings. The fourth-order valence-corrected chi connectivity index (χ4v) is 3.37. The highest BCUT2D eigenvalue weighted by molar-refractivity contribution is 5.77. The van der Waals surface area contributed by atoms with Crippen LogP contribution in [0.2, 0.25) is 0 Å². The number of amides is 1. The van der Waals surface area contributed by atoms with Gasteiger partial charge in [0.15, 0.2) is 18.1 Å². The van der Waals surface area contributed by atoms with Crippen LogP contribution < -0.4 is 14.8 Å². The maximum atomic E-state index is 12.2. The molecule has 144 valence electrons. The van der Waals surface area contributed by atoms with Gasteiger partial charge in [0.05, 0.1) is 7.11 Å². The Bertz CT molecular complexity index is 789. The molecule has 0 saturated carbocycles. The van der Waals surface area contributed by atoms with Gasteiger partial charge in [0.2, 0.25) is 0 Å². The molecular weight excluding hydrogens is 340 g/mol. The van der Waals surface area contributed by atoms with Gasteiger partial charge in [-0.1, -0.05) is 36.4 Å². The number of fused-ring (bicyclic) bond motifs is 1. The van der Waals surface area contributed by atoms with Gasteiger partial charge in [0.1, 0.15) is 0 Å². The van der Waals surface area contributed by atoms with E-state index in [-0.39, 0.29) is 18.1 Å². The van der Waals surface area contributed by atoms with E-state index in [1.807, 2.05) is 18.2 Å². The molecule has 0 saturated heterocycles. The smallest absolute Gasteiger partial charge is 0.258 e. The average molecular weight is 368 g/mol. The predicted molar refractivity (Wildman–Crippen MR) is 106 cm³/mol. The minimum Gasteiger partial charge on any atom is -0.493 e. The molecule has 0 radical (unpaired) electrons. The van der Waals surface area contributed by atoms with Crippen LogP contribution in [-0.2, 0) is 17.8 Å². The molecule has 5 heteroatoms. The molecule has 1 aliphatic rings. The summed E-state index contributed by atoms with van der Waals surface area (Å²) < 4.78 is 10.8. The van der Waals surface area contributed by atoms with E-state index in [9.17, 15) is 4.79 Å². The largest absolute Gasteiger partial charge is 0.493 e. The van der Waals surface area contributed by atoms with Gasteiger partial charge in [-0.25, -0.2) is 0 Å². The van der Waals surface area contributed by atoms with Crippen molar-refractivity contribution in [1.29, 1.82) is 0 Å². The summed E-state index contributed by atoms with van der Waals surface area (Å²) in [6.45, 7) is 6.79. The molecule has 0 aromatic heterocycles. The summed E-state index contributed by atoms with van der Waals surface area (Å²) in [5.41, 5.74) is 2.68. The van der Waals surface area contributed by atoms with Gasteiger partial charge in [0.25, 0.3) is 5.91 Å². The normalized spacial score (nSPS) is 14.3. The molecule has 2 aromatic carbocycles. The Morgan fingerprint density at radius 1 is 1.07 bits per heavy atom. The minimum atomic E-state index is -0.133. The van der Waals surface area contributed by atoms with Crippen molar-refractivity contribution in [2.75, 3.05) is 26.8 Å². The van der Waals surface area contributed by atoms with Gasteiger partial charge in [-0.2, -0.15) is 0 Å². The Kier molecular flexibility index (Phi) is 6.01. The lowest BCUT2D eigenvalue weighted by Gasteiger charge is -2.41. The zero-order valence-corrected chi connectivity index (χ0v) is 16.3. The van der Waals surface area contributed by atoms with E-state index in [2.05, 4.69) is 48.3 Å². The number of methoxy groups -OCH3 is 1. The number of benzene rings is 2. The molecule has 0 unspecified atom stereocenters. The number of nitrogens with zero attached hydrogens (tertiary/aromatic N) is 1. The van der Waals surface area contributed by atoms with Crippen LogP contribution in [0.4, 0.5) is 0 Å². The van der Waals surface area contributed by atoms with Crippen molar-refractivity contribution in [3.05, 3.63) is 59.7 Å². The molecule has 1 amide bonds. The van der Waals surface area contributed by atoms with E-state index in [4.69, 9.17) is 9.47 Å². The highest BCUT2D eigenvalue weighted by Gasteiger charge is 2.30. The SMILES string of the molecule is COc1ccccc1OCC(=O)NCC(C)(C)N1CCc2ccccc2C1. The first-order valence-electron chi connectivity index (χ1n) is 9.34. The summed E-state index contributed by atoms with van der Waals surface area (Å²) in [5, 5.41) is 3.01. The van der Waals surface area contributed by atoms with Crippen LogP contribution in [0.1, 0.15) is 25.0 Å². The first-order valence-corrected chi connectivity index (χ1v) is 9.34. The number of hydrogen-bond donors (Lipinski definition) is 1. The minimum absolute atomic E-state index is 0.0285. The topological polar surface area (TPSA) is 50.8 Å². The van der Waals surface area contributed by atoms with Crippen molar-refractivity contribution in [2.24, 2.45) is 0 Å². The molecule has 0 spiro atoms. The Labute approximate surface area is 161 Å². The van der Waals surface area contributed by atoms with E-state index in [1.165, 1.54) is 11.1 Å². The molecule has 0 atom stereocenters. The van der Waals surface area contributed by atoms with Crippen LogP contribution in [0.15, 0.2) is 48.5 Å². The van der Waals surface area contributed by atoms with Crippen LogP contribution in [0.5, 0.6) is 11.5 Å². The van der Waals surface area contributed by atoms with Gasteiger partial charge in [-0.05, 0) is 43.5 Å². The Balaban J connectivity index is 1.50. The maximum Gasteiger partial charge on any atom is 0.258 e. The van der Waals surface area contributed by atoms with Gasteiger partial charge in [-0.3, -0.25) is 9.69 Å². The van der Waals surface area contributed by atoms with Crippen LogP contribution in [0.3, 0.4) is 0 Å². The van der Waals surface area contributed by atoms with E-state index >= 15 is 0 Å². The predicted octanol–water partition coefficient (Wildman–Crippen LogP) is 3.03. The average Bonchev–Trinajstić information content (AvgIpc) is 2.70. The van der Waals surface area contributed by atoms with Gasteiger partial charge >= 0.3 is 0 Å². The first kappa shape index (κ1) is 19.2. The van der Waals surface area contributed by atoms with Crippen molar-refractivity contribution in [1.82, 2.24) is 10.2 Å². The molecule has 27 heavy (non-hydrogen) atoms. The monoisotopic (exact) mass is 368 g/mol. The lowest BCUT2D eigenvalue weighted by Crippen LogP contribution is -2.53. The van der Waals surface area contributed by atoms with Crippen molar-refractivity contribution >= 4 is 5.91 Å². The van der Waals surface area contributed by atoms with Gasteiger partial charge in [0, 0.05) is 25.2 Å². The van der Waals surface area contributed by atoms with E-state index < -0.39 is 0 Å². The highest BCUT2D eigenvalue weighted by atomic mass is 16.5. The number of para-hydroxylation sites is 2. The molecule has 1 heterocycles. The molecule has 3 rings (SSSR count). The lowest BCUT2D eigenvalue weighted by atomic mass is 9.94. The van der Waals surface area contributed by atoms with Crippen LogP contribution >= 0.6 is 0 Å². The Hall–Kier alpha value is -2.53. The van der Waals surface area contributed by atoms with Gasteiger partial charge < -0.3 is 14.8 Å². The van der Waals surface area contributed by atoms with Crippen molar-refractivity contribution in [2.45, 2.75) is 32.4 Å². The zero-order valence-electron chi connectivity index (χ0n) is 16.3. The van der Waals surface area contributed by atoms with Crippen molar-refractivity contribution < 1.29 is 14.3 Å². The zero-order chi connectivity index (χ0) is 19.3. The summed E-state index contributed by atoms with van der Waals surface area (Å²) in [6.07, 6.45) is 1.05. The van der Waals surface area contributed by atoms with E-state index in [1.54, 1.807) is 13.2 Å². The van der Waals surface area contributed by atoms with Crippen LogP contribution in [-0.4, -0.2) is 43.2 Å². The van der Waals surface area contributed by atoms with E-state index in [0.29, 0.717) is 18.0 Å². The second-order valence-electron chi connectivity index (χ2n) is 7.47. The fraction of sp³-hybridized carbons (Fsp3) is 0.409. The number of hydrogen-bond acceptors (Lipinski definition) is 4. The molecule has 0 aliphatic carbocycles. The number of nitrogens with one attached hydrogen (secondary N) is 1. The van der Waals surface area contributed by atoms with E-state index in [0.717, 1.165) is 19.5 Å². The lowest BCUT2D eigenvalue weighted by molar-refractivity contribution is -0.123. The highest BCUT2D eigenvalue weighted by Crippen LogP contribution is 2.26. The third kappa shape index (κ3) is 4.80. The molecule has 2 aromatic rings. The quantitative estimate of drug-likeness (QED) is 0.816. The molecular formula is C22H28N2O3. The molecule has 0 bridgehead atoms. The summed E-state index contributed by atoms with van der Waals surface area (Å²) in [5.74, 6) is 1.06. The Morgan fingerprint density at radius 2 is 1.74 bits per heavy atom. The number of ether oxygens (including phenoxy) is 2. The summed E-state index contributed by atoms with van der Waals surface area (Å²) in [6, 6.07) is 15.9. The summed E-state index contributed by atoms with van der Waals surface area (Å²) in [4.78, 5) is 14.7. The first-order chi connectivity index (χ1) is 13.0. The standard InChI is InChI=1S/C22H28N2O3/c1-22(2,24-13-12-17-8-4-5-9-18(17)14-24)16-23-21(25)15-27-20-11-7-6-10-19(20)26-3/h4-11H,12-16H2,1-3H3,(H,23,25). The molecule has 5 nitrogen and oxygen atoms in total. The van der Waals surface area contributed by atoms with Crippen molar-refractivity contribution in [3.8, 4) is 11.5 Å². The van der Waals surface area contributed by atoms with Crippen LogP contribution in [0, 0.1) is 0 Å². The number of carbonyl (C=O) groups excluding carboxylic acids is 1. The fourth-order valence-electron chi connectivity index (χ4n) is 3.37. The van der Waals surface area contributed by atoms with Crippen LogP contribution in [0.25, 0.3) is 0 Å². The summed E-state index contributed by atoms with van der Waals surface area (Å²) in [7, 11) is 1.58. The molecule has 1 N–H and O–H groups in total.